The summed E-state index contributed by atoms with van der Waals surface area (Å²) in [6, 6.07) is 17.8. The molecule has 0 unspecified atom stereocenters. The van der Waals surface area contributed by atoms with Gasteiger partial charge < -0.3 is 14.8 Å². The molecule has 6 aromatic rings. The number of hydrogen-bond donors (Lipinski definition) is 0. The predicted octanol–water partition coefficient (Wildman–Crippen LogP) is 9.92. The van der Waals surface area contributed by atoms with E-state index in [0.717, 1.165) is 22.7 Å². The molecule has 0 aliphatic carbocycles. The number of benzene rings is 4. The molecular weight excluding hydrogens is 735 g/mol. The Morgan fingerprint density at radius 3 is 1.13 bits per heavy atom. The van der Waals surface area contributed by atoms with Crippen LogP contribution >= 0.6 is 0 Å². The van der Waals surface area contributed by atoms with E-state index in [-0.39, 0.29) is 22.4 Å². The van der Waals surface area contributed by atoms with E-state index in [4.69, 9.17) is 4.98 Å². The standard InChI is InChI=1S/C23H25N4.C16H16N.Au/c1-14-9-16(3)20(17(4)10-14)26-13-27(23-22(26)24-7-8-25-23)21-18(5)11-15(2)12-19(21)6;1-9-5-11(3)15-13(7-9)14-8-10(2)6-12(4)16(14)17-15;/h7-13H,1-6H3;5-8H,1-4H3;/q2*-1;. The molecule has 0 saturated carbocycles. The maximum absolute atomic E-state index is 4.80. The number of nitrogens with zero attached hydrogens (tertiary/aromatic N) is 5. The second kappa shape index (κ2) is 12.5. The summed E-state index contributed by atoms with van der Waals surface area (Å²) in [5.74, 6) is 1.74. The van der Waals surface area contributed by atoms with Crippen molar-refractivity contribution in [2.24, 2.45) is 0 Å². The van der Waals surface area contributed by atoms with Gasteiger partial charge in [0.15, 0.2) is 0 Å². The first kappa shape index (κ1) is 32.5. The molecule has 7 rings (SSSR count). The summed E-state index contributed by atoms with van der Waals surface area (Å²) in [6.45, 7) is 23.6. The maximum Gasteiger partial charge on any atom is 0.145 e. The Bertz CT molecular complexity index is 1880. The first-order valence-electron chi connectivity index (χ1n) is 15.3. The van der Waals surface area contributed by atoms with E-state index in [1.54, 1.807) is 12.4 Å². The average Bonchev–Trinajstić information content (AvgIpc) is 3.48. The van der Waals surface area contributed by atoms with Crippen molar-refractivity contribution in [1.82, 2.24) is 15.0 Å². The summed E-state index contributed by atoms with van der Waals surface area (Å²) >= 11 is 0. The maximum atomic E-state index is 4.80. The minimum atomic E-state index is 0. The molecule has 0 amide bonds. The zero-order valence-corrected chi connectivity index (χ0v) is 30.1. The predicted molar refractivity (Wildman–Crippen MR) is 186 cm³/mol. The van der Waals surface area contributed by atoms with Gasteiger partial charge >= 0.3 is 0 Å². The summed E-state index contributed by atoms with van der Waals surface area (Å²) < 4.78 is 0. The Morgan fingerprint density at radius 2 is 0.778 bits per heavy atom. The first-order chi connectivity index (χ1) is 20.9. The van der Waals surface area contributed by atoms with Gasteiger partial charge in [-0.3, -0.25) is 0 Å². The van der Waals surface area contributed by atoms with Crippen molar-refractivity contribution >= 4 is 44.8 Å². The molecule has 1 radical (unpaired) electrons. The molecule has 0 fully saturated rings. The Balaban J connectivity index is 0.000000192. The van der Waals surface area contributed by atoms with Gasteiger partial charge in [0.05, 0.1) is 0 Å². The summed E-state index contributed by atoms with van der Waals surface area (Å²) in [7, 11) is 0. The van der Waals surface area contributed by atoms with Gasteiger partial charge in [0, 0.05) is 46.1 Å². The fourth-order valence-electron chi connectivity index (χ4n) is 7.06. The number of hydrogen-bond acceptors (Lipinski definition) is 4. The largest absolute Gasteiger partial charge is 0.656 e. The molecule has 0 bridgehead atoms. The Hall–Kier alpha value is -3.90. The van der Waals surface area contributed by atoms with Crippen molar-refractivity contribution in [1.29, 1.82) is 0 Å². The van der Waals surface area contributed by atoms with Gasteiger partial charge in [0.1, 0.15) is 11.6 Å². The van der Waals surface area contributed by atoms with Crippen LogP contribution in [0.1, 0.15) is 55.6 Å². The topological polar surface area (TPSA) is 46.4 Å². The Labute approximate surface area is 283 Å². The van der Waals surface area contributed by atoms with E-state index in [1.807, 2.05) is 0 Å². The van der Waals surface area contributed by atoms with Gasteiger partial charge in [-0.2, -0.15) is 0 Å². The van der Waals surface area contributed by atoms with Gasteiger partial charge in [-0.05, 0) is 102 Å². The van der Waals surface area contributed by atoms with Crippen molar-refractivity contribution in [3.05, 3.63) is 123 Å². The molecule has 0 N–H and O–H groups in total. The summed E-state index contributed by atoms with van der Waals surface area (Å²) in [5.41, 5.74) is 17.3. The number of anilines is 4. The zero-order chi connectivity index (χ0) is 31.4. The molecule has 5 nitrogen and oxygen atoms in total. The van der Waals surface area contributed by atoms with Crippen LogP contribution in [-0.2, 0) is 22.4 Å². The van der Waals surface area contributed by atoms with E-state index in [0.29, 0.717) is 0 Å². The minimum Gasteiger partial charge on any atom is -0.656 e. The number of aromatic nitrogens is 3. The van der Waals surface area contributed by atoms with E-state index in [2.05, 4.69) is 144 Å². The molecular formula is C39H41AuN5-2. The molecule has 1 aliphatic heterocycles. The third-order valence-electron chi connectivity index (χ3n) is 8.50. The fourth-order valence-corrected chi connectivity index (χ4v) is 7.06. The van der Waals surface area contributed by atoms with Crippen molar-refractivity contribution in [2.45, 2.75) is 69.2 Å². The van der Waals surface area contributed by atoms with Crippen LogP contribution in [0.2, 0.25) is 0 Å². The van der Waals surface area contributed by atoms with Crippen LogP contribution < -0.4 is 14.8 Å². The number of rotatable bonds is 2. The van der Waals surface area contributed by atoms with Crippen LogP contribution in [0, 0.1) is 75.9 Å². The molecule has 0 saturated heterocycles. The van der Waals surface area contributed by atoms with Gasteiger partial charge in [0.2, 0.25) is 0 Å². The first-order valence-corrected chi connectivity index (χ1v) is 15.3. The van der Waals surface area contributed by atoms with Crippen LogP contribution in [0.25, 0.3) is 21.8 Å². The van der Waals surface area contributed by atoms with Crippen LogP contribution in [0.4, 0.5) is 23.0 Å². The van der Waals surface area contributed by atoms with Crippen LogP contribution in [-0.4, -0.2) is 9.97 Å². The van der Waals surface area contributed by atoms with E-state index in [9.17, 15) is 0 Å². The van der Waals surface area contributed by atoms with Gasteiger partial charge in [-0.25, -0.2) is 9.97 Å². The normalized spacial score (nSPS) is 12.3. The van der Waals surface area contributed by atoms with Crippen molar-refractivity contribution in [3.63, 3.8) is 0 Å². The van der Waals surface area contributed by atoms with Gasteiger partial charge in [-0.1, -0.05) is 81.9 Å². The van der Waals surface area contributed by atoms with Gasteiger partial charge in [0.25, 0.3) is 0 Å². The third-order valence-corrected chi connectivity index (χ3v) is 8.50. The third kappa shape index (κ3) is 5.93. The molecule has 2 aromatic heterocycles. The monoisotopic (exact) mass is 776 g/mol. The van der Waals surface area contributed by atoms with Crippen molar-refractivity contribution < 1.29 is 22.4 Å². The number of fused-ring (bicyclic) bond motifs is 4. The van der Waals surface area contributed by atoms with Crippen molar-refractivity contribution in [3.8, 4) is 0 Å². The number of aryl methyl sites for hydroxylation is 10. The smallest absolute Gasteiger partial charge is 0.145 e. The van der Waals surface area contributed by atoms with E-state index < -0.39 is 0 Å². The molecule has 6 heteroatoms. The molecule has 0 spiro atoms. The molecule has 235 valence electrons. The zero-order valence-electron chi connectivity index (χ0n) is 27.9. The van der Waals surface area contributed by atoms with Crippen LogP contribution in [0.3, 0.4) is 0 Å². The quantitative estimate of drug-likeness (QED) is 0.130. The van der Waals surface area contributed by atoms with Gasteiger partial charge in [-0.15, -0.1) is 17.7 Å². The second-order valence-corrected chi connectivity index (χ2v) is 12.6. The second-order valence-electron chi connectivity index (χ2n) is 12.6. The molecule has 1 aliphatic rings. The SMILES string of the molecule is Cc1cc(C)c(N2[CH-]N(c3c(C)cc(C)cc3C)c3nccnc32)c(C)c1.Cc1cc(C)c2[n-]c3c(C)cc(C)cc3c2c1.[Au]. The minimum absolute atomic E-state index is 0. The summed E-state index contributed by atoms with van der Waals surface area (Å²) in [6.07, 6.45) is 3.52. The molecule has 45 heavy (non-hydrogen) atoms. The average molecular weight is 777 g/mol. The summed E-state index contributed by atoms with van der Waals surface area (Å²) in [4.78, 5) is 18.5. The Kier molecular flexibility index (Phi) is 9.01. The molecule has 0 atom stereocenters. The fraction of sp³-hybridized carbons (Fsp3) is 0.256. The van der Waals surface area contributed by atoms with Crippen molar-refractivity contribution in [2.75, 3.05) is 9.80 Å². The van der Waals surface area contributed by atoms with E-state index >= 15 is 0 Å². The van der Waals surface area contributed by atoms with E-state index in [1.165, 1.54) is 77.8 Å². The van der Waals surface area contributed by atoms with Crippen LogP contribution in [0.15, 0.2) is 60.9 Å². The Morgan fingerprint density at radius 1 is 0.467 bits per heavy atom. The van der Waals surface area contributed by atoms with Crippen LogP contribution in [0.5, 0.6) is 0 Å². The summed E-state index contributed by atoms with van der Waals surface area (Å²) in [5, 5.41) is 2.59. The molecule has 4 aromatic carbocycles. The molecule has 3 heterocycles.